The van der Waals surface area contributed by atoms with Crippen molar-refractivity contribution in [3.8, 4) is 5.75 Å². The number of anilines is 1. The van der Waals surface area contributed by atoms with Crippen LogP contribution in [0.5, 0.6) is 5.75 Å². The molecular weight excluding hydrogens is 431 g/mol. The molecule has 1 fully saturated rings. The number of thiocarbonyl (C=S) groups is 1. The van der Waals surface area contributed by atoms with Crippen LogP contribution >= 0.6 is 47.0 Å². The number of carbonyl (C=O) groups excluding carboxylic acids is 2. The maximum atomic E-state index is 12.9. The van der Waals surface area contributed by atoms with Crippen LogP contribution in [0.25, 0.3) is 6.08 Å². The second-order valence-corrected chi connectivity index (χ2v) is 7.09. The fourth-order valence-corrected chi connectivity index (χ4v) is 3.57. The summed E-state index contributed by atoms with van der Waals surface area (Å²) in [4.78, 5) is 26.4. The Balaban J connectivity index is 2.03. The molecule has 0 radical (unpaired) electrons. The molecule has 9 heteroatoms. The minimum Gasteiger partial charge on any atom is -0.494 e. The minimum absolute atomic E-state index is 0.0183. The highest BCUT2D eigenvalue weighted by molar-refractivity contribution is 7.80. The average molecular weight is 442 g/mol. The summed E-state index contributed by atoms with van der Waals surface area (Å²) in [5.41, 5.74) is 0.829. The van der Waals surface area contributed by atoms with Crippen molar-refractivity contribution in [3.05, 3.63) is 62.6 Å². The first-order valence-electron chi connectivity index (χ1n) is 7.52. The van der Waals surface area contributed by atoms with Crippen LogP contribution < -0.4 is 15.0 Å². The number of nitrogens with one attached hydrogen (secondary N) is 1. The van der Waals surface area contributed by atoms with E-state index < -0.39 is 11.8 Å². The molecule has 3 rings (SSSR count). The van der Waals surface area contributed by atoms with Gasteiger partial charge in [-0.05, 0) is 60.3 Å². The molecule has 27 heavy (non-hydrogen) atoms. The fourth-order valence-electron chi connectivity index (χ4n) is 2.51. The molecule has 0 aromatic heterocycles. The Morgan fingerprint density at radius 1 is 1.07 bits per heavy atom. The molecule has 138 valence electrons. The van der Waals surface area contributed by atoms with Gasteiger partial charge in [0.15, 0.2) is 10.9 Å². The van der Waals surface area contributed by atoms with Gasteiger partial charge in [-0.25, -0.2) is 0 Å². The van der Waals surface area contributed by atoms with Crippen molar-refractivity contribution < 1.29 is 14.3 Å². The molecule has 5 nitrogen and oxygen atoms in total. The van der Waals surface area contributed by atoms with Crippen molar-refractivity contribution in [2.75, 3.05) is 12.0 Å². The van der Waals surface area contributed by atoms with Gasteiger partial charge in [0, 0.05) is 5.02 Å². The van der Waals surface area contributed by atoms with Crippen molar-refractivity contribution >= 4 is 75.7 Å². The van der Waals surface area contributed by atoms with Gasteiger partial charge in [0.05, 0.1) is 22.8 Å². The van der Waals surface area contributed by atoms with E-state index in [0.29, 0.717) is 22.0 Å². The molecule has 1 heterocycles. The van der Waals surface area contributed by atoms with Gasteiger partial charge in [0.1, 0.15) is 5.57 Å². The first-order chi connectivity index (χ1) is 12.8. The number of nitrogens with zero attached hydrogens (tertiary/aromatic N) is 1. The molecule has 1 N–H and O–H groups in total. The number of carbonyl (C=O) groups is 2. The predicted molar refractivity (Wildman–Crippen MR) is 111 cm³/mol. The number of hydrogen-bond acceptors (Lipinski definition) is 4. The molecule has 0 unspecified atom stereocenters. The fraction of sp³-hybridized carbons (Fsp3) is 0.0556. The normalized spacial score (nSPS) is 15.9. The predicted octanol–water partition coefficient (Wildman–Crippen LogP) is 4.49. The van der Waals surface area contributed by atoms with Crippen LogP contribution in [0.4, 0.5) is 5.69 Å². The summed E-state index contributed by atoms with van der Waals surface area (Å²) in [6.45, 7) is 0. The zero-order valence-corrected chi connectivity index (χ0v) is 16.8. The lowest BCUT2D eigenvalue weighted by Crippen LogP contribution is -2.54. The minimum atomic E-state index is -0.613. The summed E-state index contributed by atoms with van der Waals surface area (Å²) in [6.07, 6.45) is 1.39. The largest absolute Gasteiger partial charge is 0.494 e. The highest BCUT2D eigenvalue weighted by Gasteiger charge is 2.34. The molecule has 0 spiro atoms. The highest BCUT2D eigenvalue weighted by atomic mass is 35.5. The quantitative estimate of drug-likeness (QED) is 0.433. The number of rotatable bonds is 3. The molecule has 0 bridgehead atoms. The van der Waals surface area contributed by atoms with Crippen LogP contribution in [0.2, 0.25) is 15.1 Å². The SMILES string of the molecule is COc1c(Cl)cc(/C=C2/C(=O)NC(=S)N(c3ccc(Cl)cc3)C2=O)cc1Cl. The number of methoxy groups -OCH3 is 1. The zero-order valence-electron chi connectivity index (χ0n) is 13.8. The summed E-state index contributed by atoms with van der Waals surface area (Å²) < 4.78 is 5.09. The van der Waals surface area contributed by atoms with Crippen molar-refractivity contribution in [1.82, 2.24) is 5.32 Å². The van der Waals surface area contributed by atoms with E-state index in [-0.39, 0.29) is 20.7 Å². The van der Waals surface area contributed by atoms with Gasteiger partial charge in [0.2, 0.25) is 0 Å². The van der Waals surface area contributed by atoms with E-state index in [1.165, 1.54) is 18.1 Å². The van der Waals surface area contributed by atoms with Crippen LogP contribution in [0.15, 0.2) is 42.0 Å². The van der Waals surface area contributed by atoms with Crippen molar-refractivity contribution in [2.45, 2.75) is 0 Å². The number of amides is 2. The molecule has 1 saturated heterocycles. The smallest absolute Gasteiger partial charge is 0.270 e. The van der Waals surface area contributed by atoms with Crippen LogP contribution in [0.3, 0.4) is 0 Å². The van der Waals surface area contributed by atoms with Gasteiger partial charge in [-0.15, -0.1) is 0 Å². The van der Waals surface area contributed by atoms with Crippen LogP contribution in [-0.2, 0) is 9.59 Å². The summed E-state index contributed by atoms with van der Waals surface area (Å²) in [7, 11) is 1.44. The Kier molecular flexibility index (Phi) is 5.72. The second-order valence-electron chi connectivity index (χ2n) is 5.45. The van der Waals surface area contributed by atoms with E-state index >= 15 is 0 Å². The topological polar surface area (TPSA) is 58.6 Å². The van der Waals surface area contributed by atoms with Gasteiger partial charge in [-0.1, -0.05) is 34.8 Å². The summed E-state index contributed by atoms with van der Waals surface area (Å²) >= 11 is 23.3. The van der Waals surface area contributed by atoms with E-state index in [0.717, 1.165) is 0 Å². The van der Waals surface area contributed by atoms with Gasteiger partial charge in [0.25, 0.3) is 11.8 Å². The standard InChI is InChI=1S/C18H11Cl3N2O3S/c1-26-15-13(20)7-9(8-14(15)21)6-12-16(24)22-18(27)23(17(12)25)11-4-2-10(19)3-5-11/h2-8H,1H3,(H,22,24,27)/b12-6-. The Hall–Kier alpha value is -2.12. The van der Waals surface area contributed by atoms with Crippen molar-refractivity contribution in [1.29, 1.82) is 0 Å². The molecule has 2 aromatic carbocycles. The van der Waals surface area contributed by atoms with Gasteiger partial charge < -0.3 is 4.74 Å². The third kappa shape index (κ3) is 3.94. The zero-order chi connectivity index (χ0) is 19.7. The third-order valence-corrected chi connectivity index (χ3v) is 4.82. The van der Waals surface area contributed by atoms with Crippen molar-refractivity contribution in [2.24, 2.45) is 0 Å². The highest BCUT2D eigenvalue weighted by Crippen LogP contribution is 2.34. The first kappa shape index (κ1) is 19.6. The lowest BCUT2D eigenvalue weighted by atomic mass is 10.1. The molecule has 2 amide bonds. The first-order valence-corrected chi connectivity index (χ1v) is 9.06. The summed E-state index contributed by atoms with van der Waals surface area (Å²) in [5, 5.41) is 3.50. The maximum absolute atomic E-state index is 12.9. The summed E-state index contributed by atoms with van der Waals surface area (Å²) in [5.74, 6) is -0.878. The van der Waals surface area contributed by atoms with Gasteiger partial charge in [-0.3, -0.25) is 19.8 Å². The number of ether oxygens (including phenoxy) is 1. The molecule has 1 aliphatic rings. The average Bonchev–Trinajstić information content (AvgIpc) is 2.60. The van der Waals surface area contributed by atoms with E-state index in [9.17, 15) is 9.59 Å². The van der Waals surface area contributed by atoms with E-state index in [4.69, 9.17) is 51.8 Å². The molecule has 1 aliphatic heterocycles. The molecule has 0 atom stereocenters. The van der Waals surface area contributed by atoms with Crippen LogP contribution in [0.1, 0.15) is 5.56 Å². The Bertz CT molecular complexity index is 967. The third-order valence-electron chi connectivity index (χ3n) is 3.72. The lowest BCUT2D eigenvalue weighted by Gasteiger charge is -2.29. The Morgan fingerprint density at radius 2 is 1.67 bits per heavy atom. The van der Waals surface area contributed by atoms with Gasteiger partial charge in [-0.2, -0.15) is 0 Å². The Labute approximate surface area is 175 Å². The van der Waals surface area contributed by atoms with Gasteiger partial charge >= 0.3 is 0 Å². The maximum Gasteiger partial charge on any atom is 0.270 e. The van der Waals surface area contributed by atoms with E-state index in [1.807, 2.05) is 0 Å². The molecular formula is C18H11Cl3N2O3S. The lowest BCUT2D eigenvalue weighted by molar-refractivity contribution is -0.122. The molecule has 2 aromatic rings. The van der Waals surface area contributed by atoms with Crippen LogP contribution in [-0.4, -0.2) is 24.0 Å². The number of hydrogen-bond donors (Lipinski definition) is 1. The monoisotopic (exact) mass is 440 g/mol. The second kappa shape index (κ2) is 7.86. The molecule has 0 saturated carbocycles. The van der Waals surface area contributed by atoms with Crippen molar-refractivity contribution in [3.63, 3.8) is 0 Å². The van der Waals surface area contributed by atoms with Crippen LogP contribution in [0, 0.1) is 0 Å². The summed E-state index contributed by atoms with van der Waals surface area (Å²) in [6, 6.07) is 9.58. The Morgan fingerprint density at radius 3 is 2.22 bits per heavy atom. The number of halogens is 3. The van der Waals surface area contributed by atoms with E-state index in [2.05, 4.69) is 5.32 Å². The number of benzene rings is 2. The van der Waals surface area contributed by atoms with E-state index in [1.54, 1.807) is 36.4 Å². The molecule has 0 aliphatic carbocycles.